The molecule has 3 aromatic rings. The molecule has 0 spiro atoms. The normalized spacial score (nSPS) is 12.0. The molecule has 0 N–H and O–H groups in total. The third kappa shape index (κ3) is 4.09. The fraction of sp³-hybridized carbons (Fsp3) is 0.0500. The van der Waals surface area contributed by atoms with Gasteiger partial charge in [0, 0.05) is 16.7 Å². The van der Waals surface area contributed by atoms with Crippen LogP contribution < -0.4 is 0 Å². The highest BCUT2D eigenvalue weighted by atomic mass is 35.5. The highest BCUT2D eigenvalue weighted by Crippen LogP contribution is 2.32. The van der Waals surface area contributed by atoms with E-state index in [-0.39, 0.29) is 10.7 Å². The topological polar surface area (TPSA) is 71.1 Å². The molecule has 0 atom stereocenters. The van der Waals surface area contributed by atoms with Crippen LogP contribution in [0.4, 0.5) is 0 Å². The molecule has 1 aromatic heterocycles. The number of nitrogens with zero attached hydrogens (tertiary/aromatic N) is 1. The number of sulfone groups is 1. The van der Waals surface area contributed by atoms with Gasteiger partial charge in [-0.2, -0.15) is 5.26 Å². The van der Waals surface area contributed by atoms with E-state index in [0.717, 1.165) is 5.56 Å². The number of nitriles is 1. The molecule has 1 heterocycles. The van der Waals surface area contributed by atoms with Crippen LogP contribution in [-0.2, 0) is 9.84 Å². The van der Waals surface area contributed by atoms with Crippen LogP contribution in [-0.4, -0.2) is 8.42 Å². The van der Waals surface area contributed by atoms with Crippen LogP contribution in [0.1, 0.15) is 11.3 Å². The molecule has 0 saturated heterocycles. The lowest BCUT2D eigenvalue weighted by Gasteiger charge is -2.03. The summed E-state index contributed by atoms with van der Waals surface area (Å²) in [5, 5.41) is 10.3. The van der Waals surface area contributed by atoms with Crippen LogP contribution >= 0.6 is 23.2 Å². The molecular formula is C20H13Cl2NO3S. The van der Waals surface area contributed by atoms with E-state index in [0.29, 0.717) is 21.4 Å². The first-order valence-corrected chi connectivity index (χ1v) is 10.0. The molecule has 0 radical (unpaired) electrons. The standard InChI is InChI=1S/C20H13Cl2NO3S/c1-13-2-6-16(7-3-13)27(24,25)17(12-23)11-15-5-9-20(26-15)18-10-14(21)4-8-19(18)22/h2-11H,1H3/b17-11-. The van der Waals surface area contributed by atoms with Crippen molar-refractivity contribution in [3.8, 4) is 17.4 Å². The number of furan rings is 1. The van der Waals surface area contributed by atoms with E-state index in [1.54, 1.807) is 48.5 Å². The van der Waals surface area contributed by atoms with Crippen LogP contribution in [0.2, 0.25) is 10.0 Å². The van der Waals surface area contributed by atoms with Crippen molar-refractivity contribution in [2.24, 2.45) is 0 Å². The van der Waals surface area contributed by atoms with Gasteiger partial charge in [0.25, 0.3) is 0 Å². The summed E-state index contributed by atoms with van der Waals surface area (Å²) in [5.41, 5.74) is 1.49. The Morgan fingerprint density at radius 1 is 1.07 bits per heavy atom. The number of allylic oxidation sites excluding steroid dienone is 1. The van der Waals surface area contributed by atoms with Crippen molar-refractivity contribution < 1.29 is 12.8 Å². The lowest BCUT2D eigenvalue weighted by molar-refractivity contribution is 0.571. The summed E-state index contributed by atoms with van der Waals surface area (Å²) in [4.78, 5) is -0.366. The van der Waals surface area contributed by atoms with E-state index in [2.05, 4.69) is 0 Å². The van der Waals surface area contributed by atoms with Gasteiger partial charge in [-0.3, -0.25) is 0 Å². The highest BCUT2D eigenvalue weighted by Gasteiger charge is 2.21. The molecule has 0 bridgehead atoms. The minimum Gasteiger partial charge on any atom is -0.457 e. The average molecular weight is 418 g/mol. The summed E-state index contributed by atoms with van der Waals surface area (Å²) in [7, 11) is -3.94. The van der Waals surface area contributed by atoms with Crippen molar-refractivity contribution in [2.75, 3.05) is 0 Å². The molecule has 3 rings (SSSR count). The monoisotopic (exact) mass is 417 g/mol. The summed E-state index contributed by atoms with van der Waals surface area (Å²) >= 11 is 12.1. The van der Waals surface area contributed by atoms with Crippen LogP contribution in [0.15, 0.2) is 68.8 Å². The van der Waals surface area contributed by atoms with Gasteiger partial charge >= 0.3 is 0 Å². The Morgan fingerprint density at radius 3 is 2.44 bits per heavy atom. The van der Waals surface area contributed by atoms with E-state index in [1.165, 1.54) is 18.2 Å². The molecule has 0 fully saturated rings. The Balaban J connectivity index is 2.00. The van der Waals surface area contributed by atoms with Crippen molar-refractivity contribution in [3.63, 3.8) is 0 Å². The largest absolute Gasteiger partial charge is 0.457 e. The number of rotatable bonds is 4. The van der Waals surface area contributed by atoms with E-state index in [9.17, 15) is 13.7 Å². The fourth-order valence-electron chi connectivity index (χ4n) is 2.41. The van der Waals surface area contributed by atoms with E-state index in [4.69, 9.17) is 27.6 Å². The zero-order valence-electron chi connectivity index (χ0n) is 14.1. The van der Waals surface area contributed by atoms with Gasteiger partial charge in [0.1, 0.15) is 17.6 Å². The molecule has 136 valence electrons. The number of halogens is 2. The predicted molar refractivity (Wildman–Crippen MR) is 106 cm³/mol. The molecule has 0 aliphatic rings. The van der Waals surface area contributed by atoms with Crippen LogP contribution in [0, 0.1) is 18.3 Å². The van der Waals surface area contributed by atoms with Crippen LogP contribution in [0.25, 0.3) is 17.4 Å². The Bertz CT molecular complexity index is 1170. The maximum absolute atomic E-state index is 12.7. The number of hydrogen-bond donors (Lipinski definition) is 0. The van der Waals surface area contributed by atoms with Gasteiger partial charge in [-0.15, -0.1) is 0 Å². The van der Waals surface area contributed by atoms with Gasteiger partial charge in [0.2, 0.25) is 9.84 Å². The molecule has 0 unspecified atom stereocenters. The SMILES string of the molecule is Cc1ccc(S(=O)(=O)/C(C#N)=C\c2ccc(-c3cc(Cl)ccc3Cl)o2)cc1. The summed E-state index contributed by atoms with van der Waals surface area (Å²) in [5.74, 6) is 0.632. The molecular weight excluding hydrogens is 405 g/mol. The Morgan fingerprint density at radius 2 is 1.78 bits per heavy atom. The zero-order chi connectivity index (χ0) is 19.6. The van der Waals surface area contributed by atoms with Gasteiger partial charge in [-0.05, 0) is 49.4 Å². The minimum atomic E-state index is -3.94. The molecule has 2 aromatic carbocycles. The van der Waals surface area contributed by atoms with Gasteiger partial charge in [-0.25, -0.2) is 8.42 Å². The minimum absolute atomic E-state index is 0.0468. The molecule has 4 nitrogen and oxygen atoms in total. The van der Waals surface area contributed by atoms with Crippen LogP contribution in [0.5, 0.6) is 0 Å². The maximum atomic E-state index is 12.7. The lowest BCUT2D eigenvalue weighted by atomic mass is 10.2. The summed E-state index contributed by atoms with van der Waals surface area (Å²) in [6, 6.07) is 16.2. The summed E-state index contributed by atoms with van der Waals surface area (Å²) in [6.45, 7) is 1.85. The summed E-state index contributed by atoms with van der Waals surface area (Å²) in [6.07, 6.45) is 1.19. The van der Waals surface area contributed by atoms with Crippen molar-refractivity contribution >= 4 is 39.1 Å². The lowest BCUT2D eigenvalue weighted by Crippen LogP contribution is -2.03. The number of aryl methyl sites for hydroxylation is 1. The Kier molecular flexibility index (Phi) is 5.43. The quantitative estimate of drug-likeness (QED) is 0.495. The highest BCUT2D eigenvalue weighted by molar-refractivity contribution is 7.95. The Hall–Kier alpha value is -2.52. The number of hydrogen-bond acceptors (Lipinski definition) is 4. The first kappa shape index (κ1) is 19.2. The van der Waals surface area contributed by atoms with Gasteiger partial charge < -0.3 is 4.42 Å². The van der Waals surface area contributed by atoms with E-state index < -0.39 is 14.7 Å². The number of benzene rings is 2. The maximum Gasteiger partial charge on any atom is 0.216 e. The first-order valence-electron chi connectivity index (χ1n) is 7.80. The van der Waals surface area contributed by atoms with E-state index >= 15 is 0 Å². The van der Waals surface area contributed by atoms with Crippen molar-refractivity contribution in [1.29, 1.82) is 5.26 Å². The first-order chi connectivity index (χ1) is 12.8. The third-order valence-electron chi connectivity index (χ3n) is 3.82. The molecule has 0 aliphatic carbocycles. The zero-order valence-corrected chi connectivity index (χ0v) is 16.4. The molecule has 0 amide bonds. The molecule has 0 aliphatic heterocycles. The molecule has 27 heavy (non-hydrogen) atoms. The van der Waals surface area contributed by atoms with Gasteiger partial charge in [-0.1, -0.05) is 40.9 Å². The predicted octanol–water partition coefficient (Wildman–Crippen LogP) is 5.90. The van der Waals surface area contributed by atoms with Crippen molar-refractivity contribution in [1.82, 2.24) is 0 Å². The van der Waals surface area contributed by atoms with Gasteiger partial charge in [0.15, 0.2) is 4.91 Å². The van der Waals surface area contributed by atoms with Crippen molar-refractivity contribution in [3.05, 3.63) is 80.9 Å². The Labute approximate surface area is 167 Å². The second-order valence-corrected chi connectivity index (χ2v) is 8.52. The molecule has 7 heteroatoms. The van der Waals surface area contributed by atoms with Crippen LogP contribution in [0.3, 0.4) is 0 Å². The average Bonchev–Trinajstić information content (AvgIpc) is 3.10. The van der Waals surface area contributed by atoms with E-state index in [1.807, 2.05) is 6.92 Å². The smallest absolute Gasteiger partial charge is 0.216 e. The van der Waals surface area contributed by atoms with Crippen molar-refractivity contribution in [2.45, 2.75) is 11.8 Å². The fourth-order valence-corrected chi connectivity index (χ4v) is 3.93. The van der Waals surface area contributed by atoms with Gasteiger partial charge in [0.05, 0.1) is 9.92 Å². The second kappa shape index (κ2) is 7.61. The summed E-state index contributed by atoms with van der Waals surface area (Å²) < 4.78 is 31.0. The second-order valence-electron chi connectivity index (χ2n) is 5.76. The molecule has 0 saturated carbocycles. The third-order valence-corrected chi connectivity index (χ3v) is 6.07.